The van der Waals surface area contributed by atoms with Gasteiger partial charge in [0, 0.05) is 30.0 Å². The van der Waals surface area contributed by atoms with Crippen LogP contribution in [-0.2, 0) is 26.0 Å². The van der Waals surface area contributed by atoms with Crippen LogP contribution in [0.25, 0.3) is 22.6 Å². The monoisotopic (exact) mass is 561 g/mol. The summed E-state index contributed by atoms with van der Waals surface area (Å²) in [5.74, 6) is -1.17. The number of thiophene rings is 1. The molecule has 2 aromatic carbocycles. The number of rotatable bonds is 7. The number of allylic oxidation sites excluding steroid dienone is 1. The number of fused-ring (bicyclic) bond motifs is 2. The molecule has 2 aromatic heterocycles. The number of nitrogens with one attached hydrogen (secondary N) is 1. The second kappa shape index (κ2) is 11.1. The quantitative estimate of drug-likeness (QED) is 0.310. The zero-order valence-corrected chi connectivity index (χ0v) is 23.1. The van der Waals surface area contributed by atoms with Gasteiger partial charge in [0.1, 0.15) is 0 Å². The number of esters is 1. The lowest BCUT2D eigenvalue weighted by molar-refractivity contribution is -0.119. The summed E-state index contributed by atoms with van der Waals surface area (Å²) in [6.45, 7) is -0.521. The van der Waals surface area contributed by atoms with E-state index in [1.807, 2.05) is 41.8 Å². The standard InChI is InChI=1S/C29H27N3O5S2/c1-32(2)39(35,36)22-11-6-9-20(17-22)30-26(33)18-37-29(34)27-23-12-3-4-14-25(23)31-28-19(8-5-13-24(27)28)16-21-10-7-15-38-21/h3-4,6-7,9-12,14-17H,5,8,13,18H2,1-2H3,(H,30,33)/b19-16+. The summed E-state index contributed by atoms with van der Waals surface area (Å²) in [5, 5.41) is 5.32. The van der Waals surface area contributed by atoms with Crippen LogP contribution in [0.3, 0.4) is 0 Å². The van der Waals surface area contributed by atoms with Gasteiger partial charge in [0.2, 0.25) is 10.0 Å². The number of amides is 1. The Labute approximate surface area is 231 Å². The summed E-state index contributed by atoms with van der Waals surface area (Å²) in [6.07, 6.45) is 4.53. The van der Waals surface area contributed by atoms with E-state index in [2.05, 4.69) is 11.4 Å². The van der Waals surface area contributed by atoms with Crippen molar-refractivity contribution < 1.29 is 22.7 Å². The number of anilines is 1. The fraction of sp³-hybridized carbons (Fsp3) is 0.207. The van der Waals surface area contributed by atoms with Crippen molar-refractivity contribution in [2.24, 2.45) is 0 Å². The first-order valence-electron chi connectivity index (χ1n) is 12.4. The van der Waals surface area contributed by atoms with Gasteiger partial charge in [0.05, 0.1) is 21.7 Å². The molecule has 0 fully saturated rings. The van der Waals surface area contributed by atoms with Crippen molar-refractivity contribution in [3.05, 3.63) is 87.7 Å². The first-order chi connectivity index (χ1) is 18.7. The highest BCUT2D eigenvalue weighted by molar-refractivity contribution is 7.89. The maximum atomic E-state index is 13.4. The number of carbonyl (C=O) groups is 2. The minimum atomic E-state index is -3.66. The van der Waals surface area contributed by atoms with Crippen LogP contribution in [0, 0.1) is 0 Å². The summed E-state index contributed by atoms with van der Waals surface area (Å²) in [4.78, 5) is 32.2. The Hall–Kier alpha value is -3.86. The topological polar surface area (TPSA) is 106 Å². The van der Waals surface area contributed by atoms with E-state index in [-0.39, 0.29) is 10.6 Å². The van der Waals surface area contributed by atoms with Gasteiger partial charge in [-0.3, -0.25) is 4.79 Å². The van der Waals surface area contributed by atoms with Crippen molar-refractivity contribution in [3.63, 3.8) is 0 Å². The van der Waals surface area contributed by atoms with Gasteiger partial charge in [-0.15, -0.1) is 11.3 Å². The average Bonchev–Trinajstić information content (AvgIpc) is 3.44. The zero-order chi connectivity index (χ0) is 27.6. The Bertz CT molecular complexity index is 1690. The number of benzene rings is 2. The van der Waals surface area contributed by atoms with Crippen molar-refractivity contribution in [1.82, 2.24) is 9.29 Å². The summed E-state index contributed by atoms with van der Waals surface area (Å²) >= 11 is 1.64. The van der Waals surface area contributed by atoms with Crippen LogP contribution in [0.15, 0.2) is 70.9 Å². The van der Waals surface area contributed by atoms with E-state index in [0.29, 0.717) is 22.9 Å². The SMILES string of the molecule is CN(C)S(=O)(=O)c1cccc(NC(=O)COC(=O)c2c3c(nc4ccccc24)/C(=C/c2cccs2)CCC3)c1. The third kappa shape index (κ3) is 5.63. The molecule has 0 radical (unpaired) electrons. The van der Waals surface area contributed by atoms with E-state index in [1.54, 1.807) is 17.4 Å². The first kappa shape index (κ1) is 26.7. The fourth-order valence-electron chi connectivity index (χ4n) is 4.60. The van der Waals surface area contributed by atoms with Gasteiger partial charge >= 0.3 is 5.97 Å². The Morgan fingerprint density at radius 2 is 1.90 bits per heavy atom. The van der Waals surface area contributed by atoms with E-state index in [9.17, 15) is 18.0 Å². The van der Waals surface area contributed by atoms with Crippen LogP contribution in [0.2, 0.25) is 0 Å². The van der Waals surface area contributed by atoms with E-state index in [0.717, 1.165) is 38.9 Å². The zero-order valence-electron chi connectivity index (χ0n) is 21.5. The molecule has 8 nitrogen and oxygen atoms in total. The maximum Gasteiger partial charge on any atom is 0.339 e. The lowest BCUT2D eigenvalue weighted by Gasteiger charge is -2.22. The number of nitrogens with zero attached hydrogens (tertiary/aromatic N) is 2. The number of ether oxygens (including phenoxy) is 1. The largest absolute Gasteiger partial charge is 0.452 e. The van der Waals surface area contributed by atoms with E-state index >= 15 is 0 Å². The minimum absolute atomic E-state index is 0.0450. The van der Waals surface area contributed by atoms with Crippen molar-refractivity contribution in [2.45, 2.75) is 24.2 Å². The fourth-order valence-corrected chi connectivity index (χ4v) is 6.23. The lowest BCUT2D eigenvalue weighted by Crippen LogP contribution is -2.24. The Balaban J connectivity index is 1.39. The molecule has 0 saturated heterocycles. The molecule has 0 aliphatic heterocycles. The maximum absolute atomic E-state index is 13.4. The Morgan fingerprint density at radius 3 is 2.67 bits per heavy atom. The molecule has 1 aliphatic carbocycles. The van der Waals surface area contributed by atoms with Gasteiger partial charge in [-0.1, -0.05) is 30.3 Å². The predicted octanol–water partition coefficient (Wildman–Crippen LogP) is 5.22. The number of sulfonamides is 1. The molecule has 1 aliphatic rings. The molecule has 0 unspecified atom stereocenters. The summed E-state index contributed by atoms with van der Waals surface area (Å²) in [5.41, 5.74) is 4.10. The molecule has 0 atom stereocenters. The Morgan fingerprint density at radius 1 is 1.08 bits per heavy atom. The van der Waals surface area contributed by atoms with Crippen molar-refractivity contribution in [1.29, 1.82) is 0 Å². The molecule has 5 rings (SSSR count). The molecule has 4 aromatic rings. The molecule has 0 bridgehead atoms. The van der Waals surface area contributed by atoms with E-state index in [4.69, 9.17) is 9.72 Å². The molecule has 10 heteroatoms. The van der Waals surface area contributed by atoms with E-state index < -0.39 is 28.5 Å². The molecule has 2 heterocycles. The first-order valence-corrected chi connectivity index (χ1v) is 14.7. The number of hydrogen-bond donors (Lipinski definition) is 1. The van der Waals surface area contributed by atoms with Crippen LogP contribution < -0.4 is 5.32 Å². The van der Waals surface area contributed by atoms with Crippen LogP contribution >= 0.6 is 11.3 Å². The van der Waals surface area contributed by atoms with Crippen molar-refractivity contribution in [3.8, 4) is 0 Å². The summed E-state index contributed by atoms with van der Waals surface area (Å²) in [7, 11) is -0.795. The second-order valence-electron chi connectivity index (χ2n) is 9.31. The summed E-state index contributed by atoms with van der Waals surface area (Å²) < 4.78 is 31.4. The number of hydrogen-bond acceptors (Lipinski definition) is 7. The third-order valence-corrected chi connectivity index (χ3v) is 9.10. The van der Waals surface area contributed by atoms with Crippen molar-refractivity contribution in [2.75, 3.05) is 26.0 Å². The number of para-hydroxylation sites is 1. The molecule has 1 amide bonds. The second-order valence-corrected chi connectivity index (χ2v) is 12.4. The van der Waals surface area contributed by atoms with E-state index in [1.165, 1.54) is 32.3 Å². The molecule has 0 spiro atoms. The minimum Gasteiger partial charge on any atom is -0.452 e. The van der Waals surface area contributed by atoms with Gasteiger partial charge in [-0.05, 0) is 72.2 Å². The van der Waals surface area contributed by atoms with Gasteiger partial charge in [-0.25, -0.2) is 22.5 Å². The van der Waals surface area contributed by atoms with Crippen LogP contribution in [0.5, 0.6) is 0 Å². The van der Waals surface area contributed by atoms with Gasteiger partial charge < -0.3 is 10.1 Å². The highest BCUT2D eigenvalue weighted by atomic mass is 32.2. The van der Waals surface area contributed by atoms with Crippen LogP contribution in [0.1, 0.15) is 39.3 Å². The van der Waals surface area contributed by atoms with Gasteiger partial charge in [-0.2, -0.15) is 0 Å². The van der Waals surface area contributed by atoms with Crippen LogP contribution in [-0.4, -0.2) is 50.3 Å². The number of aromatic nitrogens is 1. The summed E-state index contributed by atoms with van der Waals surface area (Å²) in [6, 6.07) is 17.4. The van der Waals surface area contributed by atoms with Gasteiger partial charge in [0.25, 0.3) is 5.91 Å². The molecule has 200 valence electrons. The number of carbonyl (C=O) groups excluding carboxylic acids is 2. The average molecular weight is 562 g/mol. The van der Waals surface area contributed by atoms with Crippen LogP contribution in [0.4, 0.5) is 5.69 Å². The molecule has 1 N–H and O–H groups in total. The molecular formula is C29H27N3O5S2. The lowest BCUT2D eigenvalue weighted by atomic mass is 9.86. The van der Waals surface area contributed by atoms with Gasteiger partial charge in [0.15, 0.2) is 6.61 Å². The molecule has 0 saturated carbocycles. The van der Waals surface area contributed by atoms with Crippen molar-refractivity contribution >= 4 is 61.5 Å². The Kier molecular flexibility index (Phi) is 7.60. The molecular weight excluding hydrogens is 534 g/mol. The normalized spacial score (nSPS) is 14.4. The highest BCUT2D eigenvalue weighted by Gasteiger charge is 2.26. The third-order valence-electron chi connectivity index (χ3n) is 6.46. The smallest absolute Gasteiger partial charge is 0.339 e. The number of pyridine rings is 1. The predicted molar refractivity (Wildman–Crippen MR) is 153 cm³/mol. The molecule has 39 heavy (non-hydrogen) atoms. The highest BCUT2D eigenvalue weighted by Crippen LogP contribution is 2.36.